The first kappa shape index (κ1) is 9.19. The van der Waals surface area contributed by atoms with Gasteiger partial charge in [-0.1, -0.05) is 21.6 Å². The summed E-state index contributed by atoms with van der Waals surface area (Å²) in [6, 6.07) is 0.625. The minimum atomic E-state index is -0.0782. The van der Waals surface area contributed by atoms with Crippen molar-refractivity contribution in [2.75, 3.05) is 19.3 Å². The van der Waals surface area contributed by atoms with Crippen LogP contribution in [0.25, 0.3) is 0 Å². The SMILES string of the molecule is CN1CCC[C@@H]1[C@H]1SSC[C@@H]1O. The van der Waals surface area contributed by atoms with Crippen LogP contribution in [-0.2, 0) is 0 Å². The first-order valence-corrected chi connectivity index (χ1v) is 6.84. The zero-order valence-electron chi connectivity index (χ0n) is 7.27. The predicted octanol–water partition coefficient (Wildman–Crippen LogP) is 1.21. The highest BCUT2D eigenvalue weighted by molar-refractivity contribution is 8.77. The minimum absolute atomic E-state index is 0.0782. The average molecular weight is 205 g/mol. The highest BCUT2D eigenvalue weighted by atomic mass is 33.1. The Kier molecular flexibility index (Phi) is 2.89. The summed E-state index contributed by atoms with van der Waals surface area (Å²) in [5.41, 5.74) is 0. The molecule has 70 valence electrons. The van der Waals surface area contributed by atoms with Gasteiger partial charge in [-0.15, -0.1) is 0 Å². The van der Waals surface area contributed by atoms with Crippen molar-refractivity contribution >= 4 is 21.6 Å². The van der Waals surface area contributed by atoms with Gasteiger partial charge in [0.15, 0.2) is 0 Å². The first-order valence-electron chi connectivity index (χ1n) is 4.45. The van der Waals surface area contributed by atoms with E-state index in [1.165, 1.54) is 19.4 Å². The molecule has 0 saturated carbocycles. The Morgan fingerprint density at radius 2 is 2.33 bits per heavy atom. The summed E-state index contributed by atoms with van der Waals surface area (Å²) in [6.45, 7) is 1.21. The van der Waals surface area contributed by atoms with Gasteiger partial charge < -0.3 is 10.0 Å². The summed E-state index contributed by atoms with van der Waals surface area (Å²) in [7, 11) is 5.87. The van der Waals surface area contributed by atoms with E-state index in [0.717, 1.165) is 5.75 Å². The van der Waals surface area contributed by atoms with Gasteiger partial charge in [-0.25, -0.2) is 0 Å². The van der Waals surface area contributed by atoms with Crippen LogP contribution in [-0.4, -0.2) is 46.7 Å². The van der Waals surface area contributed by atoms with Crippen LogP contribution in [0.2, 0.25) is 0 Å². The van der Waals surface area contributed by atoms with Crippen molar-refractivity contribution in [3.63, 3.8) is 0 Å². The van der Waals surface area contributed by atoms with E-state index in [1.54, 1.807) is 0 Å². The van der Waals surface area contributed by atoms with Gasteiger partial charge in [0.2, 0.25) is 0 Å². The lowest BCUT2D eigenvalue weighted by Crippen LogP contribution is -2.39. The molecule has 0 radical (unpaired) electrons. The highest BCUT2D eigenvalue weighted by Gasteiger charge is 2.37. The molecule has 3 atom stereocenters. The highest BCUT2D eigenvalue weighted by Crippen LogP contribution is 2.42. The minimum Gasteiger partial charge on any atom is -0.391 e. The fourth-order valence-electron chi connectivity index (χ4n) is 2.02. The maximum Gasteiger partial charge on any atom is 0.0780 e. The van der Waals surface area contributed by atoms with Crippen LogP contribution in [0.5, 0.6) is 0 Å². The molecule has 2 fully saturated rings. The molecule has 0 aliphatic carbocycles. The van der Waals surface area contributed by atoms with E-state index in [-0.39, 0.29) is 6.10 Å². The van der Waals surface area contributed by atoms with Crippen molar-refractivity contribution in [2.45, 2.75) is 30.2 Å². The van der Waals surface area contributed by atoms with Crippen molar-refractivity contribution in [1.29, 1.82) is 0 Å². The molecule has 0 amide bonds. The molecule has 4 heteroatoms. The van der Waals surface area contributed by atoms with Crippen molar-refractivity contribution in [3.05, 3.63) is 0 Å². The number of hydrogen-bond acceptors (Lipinski definition) is 4. The van der Waals surface area contributed by atoms with Gasteiger partial charge in [0, 0.05) is 11.8 Å². The van der Waals surface area contributed by atoms with Crippen LogP contribution in [0, 0.1) is 0 Å². The fraction of sp³-hybridized carbons (Fsp3) is 1.00. The van der Waals surface area contributed by atoms with Crippen molar-refractivity contribution in [1.82, 2.24) is 4.90 Å². The summed E-state index contributed by atoms with van der Waals surface area (Å²) in [4.78, 5) is 2.40. The molecule has 0 bridgehead atoms. The number of nitrogens with zero attached hydrogens (tertiary/aromatic N) is 1. The summed E-state index contributed by atoms with van der Waals surface area (Å²) < 4.78 is 0. The third-order valence-electron chi connectivity index (χ3n) is 2.75. The lowest BCUT2D eigenvalue weighted by Gasteiger charge is -2.26. The molecule has 0 unspecified atom stereocenters. The molecule has 12 heavy (non-hydrogen) atoms. The molecule has 2 nitrogen and oxygen atoms in total. The van der Waals surface area contributed by atoms with E-state index >= 15 is 0 Å². The summed E-state index contributed by atoms with van der Waals surface area (Å²) >= 11 is 0. The quantitative estimate of drug-likeness (QED) is 0.650. The van der Waals surface area contributed by atoms with Gasteiger partial charge in [-0.2, -0.15) is 0 Å². The maximum absolute atomic E-state index is 9.70. The van der Waals surface area contributed by atoms with Crippen LogP contribution in [0.1, 0.15) is 12.8 Å². The second-order valence-electron chi connectivity index (χ2n) is 3.60. The number of hydrogen-bond donors (Lipinski definition) is 1. The smallest absolute Gasteiger partial charge is 0.0780 e. The van der Waals surface area contributed by atoms with E-state index in [4.69, 9.17) is 0 Å². The van der Waals surface area contributed by atoms with E-state index in [9.17, 15) is 5.11 Å². The van der Waals surface area contributed by atoms with E-state index in [0.29, 0.717) is 11.3 Å². The fourth-order valence-corrected chi connectivity index (χ4v) is 5.31. The van der Waals surface area contributed by atoms with Gasteiger partial charge in [0.05, 0.1) is 11.4 Å². The molecular weight excluding hydrogens is 190 g/mol. The number of aliphatic hydroxyl groups is 1. The van der Waals surface area contributed by atoms with Crippen LogP contribution in [0.4, 0.5) is 0 Å². The third-order valence-corrected chi connectivity index (χ3v) is 5.70. The van der Waals surface area contributed by atoms with Gasteiger partial charge in [-0.3, -0.25) is 0 Å². The normalized spacial score (nSPS) is 44.0. The molecule has 1 N–H and O–H groups in total. The molecule has 2 heterocycles. The molecule has 2 aliphatic heterocycles. The first-order chi connectivity index (χ1) is 5.79. The number of likely N-dealkylation sites (tertiary alicyclic amines) is 1. The molecule has 0 spiro atoms. The Hall–Kier alpha value is 0.620. The second kappa shape index (κ2) is 3.78. The summed E-state index contributed by atoms with van der Waals surface area (Å²) in [6.07, 6.45) is 2.49. The van der Waals surface area contributed by atoms with Crippen molar-refractivity contribution in [3.8, 4) is 0 Å². The van der Waals surface area contributed by atoms with E-state index in [1.807, 2.05) is 21.6 Å². The van der Waals surface area contributed by atoms with Crippen LogP contribution < -0.4 is 0 Å². The standard InChI is InChI=1S/C8H15NOS2/c1-9-4-2-3-6(9)8-7(10)5-11-12-8/h6-8,10H,2-5H2,1H3/t6-,7+,8-/m1/s1. The van der Waals surface area contributed by atoms with Gasteiger partial charge in [0.1, 0.15) is 0 Å². The van der Waals surface area contributed by atoms with Gasteiger partial charge in [-0.05, 0) is 26.4 Å². The van der Waals surface area contributed by atoms with Gasteiger partial charge in [0.25, 0.3) is 0 Å². The van der Waals surface area contributed by atoms with E-state index in [2.05, 4.69) is 11.9 Å². The zero-order chi connectivity index (χ0) is 8.55. The van der Waals surface area contributed by atoms with Crippen LogP contribution in [0.15, 0.2) is 0 Å². The molecule has 0 aromatic carbocycles. The zero-order valence-corrected chi connectivity index (χ0v) is 8.90. The van der Waals surface area contributed by atoms with E-state index < -0.39 is 0 Å². The molecular formula is C8H15NOS2. The molecule has 2 rings (SSSR count). The Labute approximate surface area is 81.5 Å². The predicted molar refractivity (Wildman–Crippen MR) is 55.5 cm³/mol. The summed E-state index contributed by atoms with van der Waals surface area (Å²) in [5.74, 6) is 0.916. The van der Waals surface area contributed by atoms with Gasteiger partial charge >= 0.3 is 0 Å². The average Bonchev–Trinajstić information content (AvgIpc) is 2.59. The van der Waals surface area contributed by atoms with Crippen LogP contribution >= 0.6 is 21.6 Å². The lowest BCUT2D eigenvalue weighted by atomic mass is 10.1. The molecule has 0 aromatic heterocycles. The number of aliphatic hydroxyl groups excluding tert-OH is 1. The molecule has 0 aromatic rings. The van der Waals surface area contributed by atoms with Crippen molar-refractivity contribution < 1.29 is 5.11 Å². The van der Waals surface area contributed by atoms with Crippen molar-refractivity contribution in [2.24, 2.45) is 0 Å². The Morgan fingerprint density at radius 3 is 2.83 bits per heavy atom. The largest absolute Gasteiger partial charge is 0.391 e. The van der Waals surface area contributed by atoms with Crippen LogP contribution in [0.3, 0.4) is 0 Å². The maximum atomic E-state index is 9.70. The lowest BCUT2D eigenvalue weighted by molar-refractivity contribution is 0.159. The third kappa shape index (κ3) is 1.62. The Balaban J connectivity index is 1.98. The molecule has 2 aliphatic rings. The topological polar surface area (TPSA) is 23.5 Å². The molecule has 2 saturated heterocycles. The Bertz CT molecular complexity index is 149. The summed E-state index contributed by atoms with van der Waals surface area (Å²) in [5, 5.41) is 10.2. The second-order valence-corrected chi connectivity index (χ2v) is 6.19. The monoisotopic (exact) mass is 205 g/mol. The number of rotatable bonds is 1. The Morgan fingerprint density at radius 1 is 1.50 bits per heavy atom.